The molecular formula is C23H34N4O2+2. The smallest absolute Gasteiger partial charge is 0.255 e. The van der Waals surface area contributed by atoms with E-state index in [1.165, 1.54) is 16.2 Å². The number of rotatable bonds is 7. The first kappa shape index (κ1) is 21.1. The van der Waals surface area contributed by atoms with Crippen molar-refractivity contribution in [3.8, 4) is 5.75 Å². The minimum absolute atomic E-state index is 0.0866. The van der Waals surface area contributed by atoms with Crippen molar-refractivity contribution in [2.45, 2.75) is 6.04 Å². The fourth-order valence-electron chi connectivity index (χ4n) is 3.97. The van der Waals surface area contributed by atoms with Crippen LogP contribution >= 0.6 is 0 Å². The Morgan fingerprint density at radius 1 is 1.07 bits per heavy atom. The number of piperazine rings is 1. The van der Waals surface area contributed by atoms with Gasteiger partial charge in [0, 0.05) is 25.3 Å². The average Bonchev–Trinajstić information content (AvgIpc) is 2.75. The molecule has 1 amide bonds. The number of ether oxygens (including phenoxy) is 1. The Bertz CT molecular complexity index is 799. The van der Waals surface area contributed by atoms with E-state index >= 15 is 0 Å². The monoisotopic (exact) mass is 398 g/mol. The standard InChI is InChI=1S/C23H32N4O2/c1-25(2)19-11-9-18(10-12-19)21(27-15-13-26(3)14-16-27)17-24-23(28)20-7-5-6-8-22(20)29-4/h5-12,21H,13-17H2,1-4H3,(H,24,28)/p+2/t21-/m1/s1. The summed E-state index contributed by atoms with van der Waals surface area (Å²) in [6.07, 6.45) is 0. The van der Waals surface area contributed by atoms with Gasteiger partial charge in [0.15, 0.2) is 0 Å². The van der Waals surface area contributed by atoms with Gasteiger partial charge in [-0.25, -0.2) is 0 Å². The molecule has 3 N–H and O–H groups in total. The number of quaternary nitrogens is 2. The van der Waals surface area contributed by atoms with Crippen LogP contribution in [0.2, 0.25) is 0 Å². The van der Waals surface area contributed by atoms with Gasteiger partial charge in [-0.15, -0.1) is 0 Å². The Hall–Kier alpha value is -2.57. The minimum atomic E-state index is -0.0866. The fraction of sp³-hybridized carbons (Fsp3) is 0.435. The maximum Gasteiger partial charge on any atom is 0.255 e. The minimum Gasteiger partial charge on any atom is -0.496 e. The molecule has 0 saturated carbocycles. The van der Waals surface area contributed by atoms with Crippen molar-refractivity contribution in [1.82, 2.24) is 5.32 Å². The third-order valence-corrected chi connectivity index (χ3v) is 5.87. The molecule has 0 unspecified atom stereocenters. The van der Waals surface area contributed by atoms with E-state index < -0.39 is 0 Å². The van der Waals surface area contributed by atoms with Gasteiger partial charge in [0.05, 0.1) is 26.3 Å². The highest BCUT2D eigenvalue weighted by Crippen LogP contribution is 2.18. The number of hydrogen-bond acceptors (Lipinski definition) is 3. The molecule has 1 aliphatic rings. The van der Waals surface area contributed by atoms with Crippen LogP contribution in [-0.2, 0) is 0 Å². The Morgan fingerprint density at radius 2 is 1.72 bits per heavy atom. The molecule has 29 heavy (non-hydrogen) atoms. The Balaban J connectivity index is 1.77. The summed E-state index contributed by atoms with van der Waals surface area (Å²) in [6.45, 7) is 5.13. The molecule has 0 radical (unpaired) electrons. The molecule has 2 aromatic rings. The second-order valence-electron chi connectivity index (χ2n) is 8.06. The number of para-hydroxylation sites is 1. The summed E-state index contributed by atoms with van der Waals surface area (Å²) in [7, 11) is 7.95. The van der Waals surface area contributed by atoms with Gasteiger partial charge in [0.2, 0.25) is 0 Å². The van der Waals surface area contributed by atoms with Gasteiger partial charge in [-0.05, 0) is 24.3 Å². The summed E-state index contributed by atoms with van der Waals surface area (Å²) in [5, 5.41) is 3.16. The number of anilines is 1. The quantitative estimate of drug-likeness (QED) is 0.597. The van der Waals surface area contributed by atoms with E-state index in [1.54, 1.807) is 18.1 Å². The van der Waals surface area contributed by atoms with E-state index in [4.69, 9.17) is 4.74 Å². The third-order valence-electron chi connectivity index (χ3n) is 5.87. The number of benzene rings is 2. The summed E-state index contributed by atoms with van der Waals surface area (Å²) in [6, 6.07) is 16.3. The number of nitrogens with one attached hydrogen (secondary N) is 3. The topological polar surface area (TPSA) is 50.4 Å². The SMILES string of the molecule is COc1ccccc1C(=O)NC[C@H](c1ccc(N(C)C)cc1)[NH+]1CC[NH+](C)CC1. The van der Waals surface area contributed by atoms with E-state index in [2.05, 4.69) is 55.6 Å². The fourth-order valence-corrected chi connectivity index (χ4v) is 3.97. The van der Waals surface area contributed by atoms with E-state index in [1.807, 2.05) is 18.2 Å². The second-order valence-corrected chi connectivity index (χ2v) is 8.06. The zero-order chi connectivity index (χ0) is 20.8. The summed E-state index contributed by atoms with van der Waals surface area (Å²) < 4.78 is 5.35. The van der Waals surface area contributed by atoms with Crippen molar-refractivity contribution < 1.29 is 19.3 Å². The Morgan fingerprint density at radius 3 is 2.34 bits per heavy atom. The van der Waals surface area contributed by atoms with E-state index in [9.17, 15) is 4.79 Å². The van der Waals surface area contributed by atoms with E-state index in [-0.39, 0.29) is 11.9 Å². The summed E-state index contributed by atoms with van der Waals surface area (Å²) in [4.78, 5) is 18.0. The molecular weight excluding hydrogens is 364 g/mol. The predicted molar refractivity (Wildman–Crippen MR) is 116 cm³/mol. The lowest BCUT2D eigenvalue weighted by molar-refractivity contribution is -1.02. The molecule has 1 atom stereocenters. The number of methoxy groups -OCH3 is 1. The van der Waals surface area contributed by atoms with E-state index in [0.717, 1.165) is 26.2 Å². The molecule has 6 heteroatoms. The number of carbonyl (C=O) groups excluding carboxylic acids is 1. The lowest BCUT2D eigenvalue weighted by Gasteiger charge is -2.33. The van der Waals surface area contributed by atoms with Crippen LogP contribution in [0.15, 0.2) is 48.5 Å². The summed E-state index contributed by atoms with van der Waals surface area (Å²) in [5.41, 5.74) is 3.03. The molecule has 0 aromatic heterocycles. The lowest BCUT2D eigenvalue weighted by atomic mass is 10.0. The van der Waals surface area contributed by atoms with Crippen LogP contribution in [0.25, 0.3) is 0 Å². The van der Waals surface area contributed by atoms with E-state index in [0.29, 0.717) is 17.9 Å². The number of nitrogens with zero attached hydrogens (tertiary/aromatic N) is 1. The first-order valence-corrected chi connectivity index (χ1v) is 10.3. The number of likely N-dealkylation sites (N-methyl/N-ethyl adjacent to an activating group) is 1. The summed E-state index contributed by atoms with van der Waals surface area (Å²) in [5.74, 6) is 0.518. The zero-order valence-electron chi connectivity index (χ0n) is 18.0. The largest absolute Gasteiger partial charge is 0.496 e. The molecule has 1 aliphatic heterocycles. The molecule has 0 bridgehead atoms. The van der Waals surface area contributed by atoms with Crippen LogP contribution in [0, 0.1) is 0 Å². The van der Waals surface area contributed by atoms with Gasteiger partial charge in [-0.3, -0.25) is 4.79 Å². The van der Waals surface area contributed by atoms with Gasteiger partial charge in [0.1, 0.15) is 38.0 Å². The molecule has 1 fully saturated rings. The van der Waals surface area contributed by atoms with Crippen LogP contribution < -0.4 is 24.8 Å². The first-order valence-electron chi connectivity index (χ1n) is 10.3. The zero-order valence-corrected chi connectivity index (χ0v) is 18.0. The van der Waals surface area contributed by atoms with Crippen molar-refractivity contribution in [3.05, 3.63) is 59.7 Å². The van der Waals surface area contributed by atoms with Crippen molar-refractivity contribution in [2.75, 3.05) is 65.9 Å². The molecule has 1 saturated heterocycles. The van der Waals surface area contributed by atoms with Crippen LogP contribution in [0.3, 0.4) is 0 Å². The van der Waals surface area contributed by atoms with Gasteiger partial charge in [-0.1, -0.05) is 24.3 Å². The van der Waals surface area contributed by atoms with Crippen LogP contribution in [0.1, 0.15) is 22.0 Å². The normalized spacial score (nSPS) is 20.0. The Kier molecular flexibility index (Phi) is 7.12. The molecule has 0 spiro atoms. The lowest BCUT2D eigenvalue weighted by Crippen LogP contribution is -3.27. The van der Waals surface area contributed by atoms with Crippen molar-refractivity contribution in [2.24, 2.45) is 0 Å². The van der Waals surface area contributed by atoms with Crippen molar-refractivity contribution in [3.63, 3.8) is 0 Å². The highest BCUT2D eigenvalue weighted by Gasteiger charge is 2.30. The predicted octanol–water partition coefficient (Wildman–Crippen LogP) is -0.354. The maximum atomic E-state index is 12.8. The van der Waals surface area contributed by atoms with Crippen LogP contribution in [-0.4, -0.2) is 66.9 Å². The average molecular weight is 399 g/mol. The van der Waals surface area contributed by atoms with Crippen molar-refractivity contribution >= 4 is 11.6 Å². The highest BCUT2D eigenvalue weighted by atomic mass is 16.5. The summed E-state index contributed by atoms with van der Waals surface area (Å²) >= 11 is 0. The van der Waals surface area contributed by atoms with Crippen LogP contribution in [0.4, 0.5) is 5.69 Å². The molecule has 6 nitrogen and oxygen atoms in total. The second kappa shape index (κ2) is 9.76. The van der Waals surface area contributed by atoms with Gasteiger partial charge < -0.3 is 24.8 Å². The molecule has 1 heterocycles. The number of carbonyl (C=O) groups is 1. The molecule has 0 aliphatic carbocycles. The first-order chi connectivity index (χ1) is 14.0. The number of amides is 1. The molecule has 3 rings (SSSR count). The number of hydrogen-bond donors (Lipinski definition) is 3. The third kappa shape index (κ3) is 5.28. The van der Waals surface area contributed by atoms with Gasteiger partial charge in [0.25, 0.3) is 5.91 Å². The molecule has 156 valence electrons. The van der Waals surface area contributed by atoms with Gasteiger partial charge >= 0.3 is 0 Å². The Labute approximate surface area is 174 Å². The van der Waals surface area contributed by atoms with Gasteiger partial charge in [-0.2, -0.15) is 0 Å². The van der Waals surface area contributed by atoms with Crippen molar-refractivity contribution in [1.29, 1.82) is 0 Å². The highest BCUT2D eigenvalue weighted by molar-refractivity contribution is 5.96. The maximum absolute atomic E-state index is 12.8. The van der Waals surface area contributed by atoms with Crippen LogP contribution in [0.5, 0.6) is 5.75 Å². The molecule has 2 aromatic carbocycles.